The van der Waals surface area contributed by atoms with E-state index < -0.39 is 6.23 Å². The number of hydrogen-bond acceptors (Lipinski definition) is 8. The van der Waals surface area contributed by atoms with Crippen LogP contribution in [-0.2, 0) is 11.3 Å². The predicted octanol–water partition coefficient (Wildman–Crippen LogP) is 7.16. The van der Waals surface area contributed by atoms with Crippen molar-refractivity contribution in [3.63, 3.8) is 0 Å². The summed E-state index contributed by atoms with van der Waals surface area (Å²) in [6, 6.07) is 6.84. The molecule has 0 aromatic heterocycles. The normalized spacial score (nSPS) is 20.2. The molecule has 2 saturated heterocycles. The Labute approximate surface area is 274 Å². The lowest BCUT2D eigenvalue weighted by Gasteiger charge is -2.35. The van der Waals surface area contributed by atoms with Crippen molar-refractivity contribution in [2.45, 2.75) is 106 Å². The summed E-state index contributed by atoms with van der Waals surface area (Å²) in [6.07, 6.45) is 9.24. The average molecular weight is 623 g/mol. The molecule has 8 heteroatoms. The van der Waals surface area contributed by atoms with Crippen molar-refractivity contribution in [2.24, 2.45) is 15.9 Å². The third-order valence-electron chi connectivity index (χ3n) is 8.97. The minimum Gasteiger partial charge on any atom is -0.378 e. The molecule has 1 atom stereocenters. The molecule has 5 rings (SSSR count). The highest BCUT2D eigenvalue weighted by molar-refractivity contribution is 6.11. The smallest absolute Gasteiger partial charge is 0.222 e. The van der Waals surface area contributed by atoms with Gasteiger partial charge in [-0.3, -0.25) is 15.2 Å². The van der Waals surface area contributed by atoms with Crippen LogP contribution in [0.2, 0.25) is 0 Å². The van der Waals surface area contributed by atoms with Crippen molar-refractivity contribution in [1.82, 2.24) is 10.2 Å². The number of likely N-dealkylation sites (tertiary alicyclic amines) is 1. The molecule has 1 unspecified atom stereocenters. The number of aliphatic hydroxyl groups is 1. The highest BCUT2D eigenvalue weighted by atomic mass is 16.5. The van der Waals surface area contributed by atoms with Crippen LogP contribution in [0.5, 0.6) is 0 Å². The molecule has 8 nitrogen and oxygen atoms in total. The Bertz CT molecular complexity index is 1160. The zero-order valence-corrected chi connectivity index (χ0v) is 29.4. The summed E-state index contributed by atoms with van der Waals surface area (Å²) in [6.45, 7) is 22.5. The molecule has 2 fully saturated rings. The van der Waals surface area contributed by atoms with Crippen LogP contribution in [0.15, 0.2) is 51.0 Å². The summed E-state index contributed by atoms with van der Waals surface area (Å²) >= 11 is 0. The lowest BCUT2D eigenvalue weighted by molar-refractivity contribution is 0.0345. The van der Waals surface area contributed by atoms with Crippen molar-refractivity contribution in [3.05, 3.63) is 46.6 Å². The molecule has 0 amide bonds. The van der Waals surface area contributed by atoms with Gasteiger partial charge in [0.15, 0.2) is 0 Å². The van der Waals surface area contributed by atoms with E-state index in [1.54, 1.807) is 0 Å². The van der Waals surface area contributed by atoms with Gasteiger partial charge in [0, 0.05) is 55.6 Å². The lowest BCUT2D eigenvalue weighted by atomic mass is 9.88. The maximum atomic E-state index is 10.5. The van der Waals surface area contributed by atoms with Gasteiger partial charge in [-0.25, -0.2) is 4.99 Å². The van der Waals surface area contributed by atoms with Gasteiger partial charge in [0.1, 0.15) is 6.23 Å². The topological polar surface area (TPSA) is 84.7 Å². The Morgan fingerprint density at radius 3 is 2.40 bits per heavy atom. The third-order valence-corrected chi connectivity index (χ3v) is 8.97. The molecule has 1 aromatic carbocycles. The molecule has 0 saturated carbocycles. The van der Waals surface area contributed by atoms with Crippen molar-refractivity contribution < 1.29 is 9.84 Å². The molecule has 45 heavy (non-hydrogen) atoms. The van der Waals surface area contributed by atoms with Gasteiger partial charge in [-0.1, -0.05) is 53.2 Å². The Balaban J connectivity index is 0.00000133. The van der Waals surface area contributed by atoms with E-state index in [9.17, 15) is 5.11 Å². The number of morpholine rings is 1. The molecule has 252 valence electrons. The molecule has 3 N–H and O–H groups in total. The largest absolute Gasteiger partial charge is 0.378 e. The maximum absolute atomic E-state index is 10.5. The second kappa shape index (κ2) is 19.9. The monoisotopic (exact) mass is 622 g/mol. The Kier molecular flexibility index (Phi) is 16.3. The molecule has 4 aliphatic rings. The molecular weight excluding hydrogens is 560 g/mol. The fourth-order valence-corrected chi connectivity index (χ4v) is 6.42. The summed E-state index contributed by atoms with van der Waals surface area (Å²) in [5.74, 6) is 1.05. The molecule has 1 aromatic rings. The number of ether oxygens (including phenoxy) is 1. The van der Waals surface area contributed by atoms with Crippen LogP contribution in [0.4, 0.5) is 11.4 Å². The fourth-order valence-electron chi connectivity index (χ4n) is 6.42. The van der Waals surface area contributed by atoms with Crippen molar-refractivity contribution in [2.75, 3.05) is 62.7 Å². The van der Waals surface area contributed by atoms with Crippen LogP contribution < -0.4 is 15.5 Å². The molecule has 3 heterocycles. The van der Waals surface area contributed by atoms with Gasteiger partial charge in [-0.2, -0.15) is 0 Å². The van der Waals surface area contributed by atoms with E-state index in [0.717, 1.165) is 116 Å². The van der Waals surface area contributed by atoms with Gasteiger partial charge in [-0.15, -0.1) is 0 Å². The SMILES string of the molecule is CC.CC.CCCNC(O)C1CCN(Cc2cc(NC3=NCCC(C4=CC(CC)=C(C)CC4)=N3)cc(N3CCOCC3)c2)CC1. The van der Waals surface area contributed by atoms with E-state index in [4.69, 9.17) is 14.7 Å². The van der Waals surface area contributed by atoms with Gasteiger partial charge in [0.05, 0.1) is 13.2 Å². The number of guanidine groups is 1. The Morgan fingerprint density at radius 2 is 1.71 bits per heavy atom. The first-order valence-electron chi connectivity index (χ1n) is 17.9. The number of allylic oxidation sites excluding steroid dienone is 4. The first-order valence-corrected chi connectivity index (χ1v) is 17.9. The number of anilines is 2. The lowest BCUT2D eigenvalue weighted by Crippen LogP contribution is -2.43. The average Bonchev–Trinajstić information content (AvgIpc) is 3.10. The third kappa shape index (κ3) is 11.1. The van der Waals surface area contributed by atoms with E-state index in [0.29, 0.717) is 5.92 Å². The number of nitrogens with zero attached hydrogens (tertiary/aromatic N) is 4. The van der Waals surface area contributed by atoms with Gasteiger partial charge in [0.25, 0.3) is 0 Å². The maximum Gasteiger partial charge on any atom is 0.222 e. The highest BCUT2D eigenvalue weighted by Crippen LogP contribution is 2.29. The van der Waals surface area contributed by atoms with E-state index in [1.165, 1.54) is 33.7 Å². The Hall–Kier alpha value is -2.52. The summed E-state index contributed by atoms with van der Waals surface area (Å²) < 4.78 is 5.63. The van der Waals surface area contributed by atoms with Crippen LogP contribution in [0, 0.1) is 5.92 Å². The number of benzene rings is 1. The standard InChI is InChI=1S/C33H50N6O2.2C2H6/c1-4-11-34-32(40)27-9-13-38(14-10-27)23-25-19-29(22-30(20-25)39-15-17-41-18-16-39)36-33-35-12-8-31(37-33)28-7-6-24(3)26(5-2)21-28;2*1-2/h19-22,27,32,34,40H,4-18,23H2,1-3H3,(H,35,36);2*1-2H3. The van der Waals surface area contributed by atoms with Crippen LogP contribution in [0.1, 0.15) is 99.0 Å². The van der Waals surface area contributed by atoms with Crippen molar-refractivity contribution in [3.8, 4) is 0 Å². The number of aliphatic hydroxyl groups excluding tert-OH is 1. The minimum absolute atomic E-state index is 0.332. The minimum atomic E-state index is -0.391. The Morgan fingerprint density at radius 1 is 0.978 bits per heavy atom. The first kappa shape index (κ1) is 36.9. The number of piperidine rings is 1. The summed E-state index contributed by atoms with van der Waals surface area (Å²) in [5.41, 5.74) is 9.11. The predicted molar refractivity (Wildman–Crippen MR) is 193 cm³/mol. The van der Waals surface area contributed by atoms with Crippen molar-refractivity contribution >= 4 is 23.0 Å². The molecular formula is C37H62N6O2. The zero-order chi connectivity index (χ0) is 32.6. The van der Waals surface area contributed by atoms with E-state index >= 15 is 0 Å². The first-order chi connectivity index (χ1) is 22.0. The zero-order valence-electron chi connectivity index (χ0n) is 29.4. The van der Waals surface area contributed by atoms with Gasteiger partial charge in [0.2, 0.25) is 5.96 Å². The number of hydrogen-bond donors (Lipinski definition) is 3. The van der Waals surface area contributed by atoms with Gasteiger partial charge >= 0.3 is 0 Å². The van der Waals surface area contributed by atoms with Gasteiger partial charge < -0.3 is 20.1 Å². The van der Waals surface area contributed by atoms with Crippen LogP contribution in [0.3, 0.4) is 0 Å². The second-order valence-corrected chi connectivity index (χ2v) is 12.0. The van der Waals surface area contributed by atoms with Crippen LogP contribution >= 0.6 is 0 Å². The second-order valence-electron chi connectivity index (χ2n) is 12.0. The van der Waals surface area contributed by atoms with Crippen molar-refractivity contribution in [1.29, 1.82) is 0 Å². The summed E-state index contributed by atoms with van der Waals surface area (Å²) in [4.78, 5) is 14.7. The van der Waals surface area contributed by atoms with E-state index in [1.807, 2.05) is 27.7 Å². The van der Waals surface area contributed by atoms with Gasteiger partial charge in [-0.05, 0) is 100.0 Å². The molecule has 0 radical (unpaired) electrons. The number of rotatable bonds is 10. The number of nitrogens with one attached hydrogen (secondary N) is 2. The molecule has 0 spiro atoms. The van der Waals surface area contributed by atoms with E-state index in [-0.39, 0.29) is 0 Å². The quantitative estimate of drug-likeness (QED) is 0.240. The fraction of sp³-hybridized carbons (Fsp3) is 0.676. The number of aliphatic imine (C=N–C) groups is 2. The molecule has 0 bridgehead atoms. The van der Waals surface area contributed by atoms with Crippen LogP contribution in [0.25, 0.3) is 0 Å². The summed E-state index contributed by atoms with van der Waals surface area (Å²) in [5, 5.41) is 17.4. The highest BCUT2D eigenvalue weighted by Gasteiger charge is 2.25. The summed E-state index contributed by atoms with van der Waals surface area (Å²) in [7, 11) is 0. The molecule has 1 aliphatic carbocycles. The van der Waals surface area contributed by atoms with E-state index in [2.05, 4.69) is 65.5 Å². The molecule has 3 aliphatic heterocycles. The van der Waals surface area contributed by atoms with Crippen LogP contribution in [-0.4, -0.2) is 80.4 Å².